The van der Waals surface area contributed by atoms with Gasteiger partial charge in [0.1, 0.15) is 6.04 Å². The number of Topliss-reactive ketones (excluding diaryl/α,β-unsaturated/α-hetero) is 1. The molecule has 3 aliphatic heterocycles. The predicted octanol–water partition coefficient (Wildman–Crippen LogP) is 3.94. The summed E-state index contributed by atoms with van der Waals surface area (Å²) in [5.74, 6) is -1.67. The third-order valence-electron chi connectivity index (χ3n) is 7.15. The largest absolute Gasteiger partial charge is 0.352 e. The van der Waals surface area contributed by atoms with Crippen molar-refractivity contribution in [1.29, 1.82) is 0 Å². The number of fused-ring (bicyclic) bond motifs is 5. The zero-order valence-corrected chi connectivity index (χ0v) is 18.0. The molecule has 5 rings (SSSR count). The van der Waals surface area contributed by atoms with Crippen LogP contribution in [0, 0.1) is 11.8 Å². The van der Waals surface area contributed by atoms with Crippen molar-refractivity contribution in [3.05, 3.63) is 71.8 Å². The van der Waals surface area contributed by atoms with Crippen LogP contribution in [0.5, 0.6) is 0 Å². The molecule has 3 aliphatic rings. The van der Waals surface area contributed by atoms with E-state index in [1.165, 1.54) is 4.90 Å². The maximum absolute atomic E-state index is 13.8. The van der Waals surface area contributed by atoms with Crippen LogP contribution in [0.25, 0.3) is 5.57 Å². The number of rotatable bonds is 4. The lowest BCUT2D eigenvalue weighted by atomic mass is 9.85. The van der Waals surface area contributed by atoms with Gasteiger partial charge in [-0.1, -0.05) is 61.5 Å². The molecule has 31 heavy (non-hydrogen) atoms. The summed E-state index contributed by atoms with van der Waals surface area (Å²) in [5, 5.41) is 0. The molecule has 2 aromatic carbocycles. The van der Waals surface area contributed by atoms with Crippen molar-refractivity contribution in [2.45, 2.75) is 45.3 Å². The van der Waals surface area contributed by atoms with E-state index in [9.17, 15) is 14.4 Å². The van der Waals surface area contributed by atoms with E-state index in [-0.39, 0.29) is 29.7 Å². The highest BCUT2D eigenvalue weighted by Crippen LogP contribution is 2.50. The molecule has 2 aromatic rings. The van der Waals surface area contributed by atoms with Gasteiger partial charge in [0.05, 0.1) is 17.9 Å². The average molecular weight is 415 g/mol. The standard InChI is InChI=1S/C26H26N2O3/c1-4-16(3)27-25(30)21-20-14-15(2)18-12-8-9-13-19(18)28(20)23(22(21)26(27)31)24(29)17-10-6-5-7-11-17/h5-14,16,20-23H,4H2,1-3H3/t16-,20+,21-,22-,23-/m0/s1. The van der Waals surface area contributed by atoms with E-state index < -0.39 is 17.9 Å². The van der Waals surface area contributed by atoms with Crippen molar-refractivity contribution in [3.8, 4) is 0 Å². The van der Waals surface area contributed by atoms with Gasteiger partial charge in [0.25, 0.3) is 0 Å². The van der Waals surface area contributed by atoms with Crippen molar-refractivity contribution in [2.75, 3.05) is 4.90 Å². The molecule has 2 fully saturated rings. The van der Waals surface area contributed by atoms with Crippen LogP contribution in [0.3, 0.4) is 0 Å². The number of benzene rings is 2. The van der Waals surface area contributed by atoms with Gasteiger partial charge in [-0.15, -0.1) is 0 Å². The fraction of sp³-hybridized carbons (Fsp3) is 0.346. The second-order valence-electron chi connectivity index (χ2n) is 8.80. The molecule has 0 N–H and O–H groups in total. The molecule has 0 radical (unpaired) electrons. The first-order valence-corrected chi connectivity index (χ1v) is 11.0. The van der Waals surface area contributed by atoms with E-state index in [0.29, 0.717) is 12.0 Å². The number of likely N-dealkylation sites (tertiary alicyclic amines) is 1. The van der Waals surface area contributed by atoms with Crippen LogP contribution in [0.15, 0.2) is 60.7 Å². The lowest BCUT2D eigenvalue weighted by Crippen LogP contribution is -2.50. The van der Waals surface area contributed by atoms with Gasteiger partial charge in [-0.05, 0) is 31.9 Å². The third-order valence-corrected chi connectivity index (χ3v) is 7.15. The van der Waals surface area contributed by atoms with Crippen molar-refractivity contribution in [2.24, 2.45) is 11.8 Å². The molecular formula is C26H26N2O3. The van der Waals surface area contributed by atoms with Gasteiger partial charge in [0.15, 0.2) is 5.78 Å². The first-order chi connectivity index (χ1) is 15.0. The lowest BCUT2D eigenvalue weighted by Gasteiger charge is -2.38. The van der Waals surface area contributed by atoms with Gasteiger partial charge in [-0.3, -0.25) is 19.3 Å². The number of hydrogen-bond acceptors (Lipinski definition) is 4. The Bertz CT molecular complexity index is 1110. The molecule has 5 heteroatoms. The number of allylic oxidation sites excluding steroid dienone is 1. The number of anilines is 1. The zero-order chi connectivity index (χ0) is 21.9. The number of carbonyl (C=O) groups excluding carboxylic acids is 3. The highest BCUT2D eigenvalue weighted by Gasteiger charge is 2.64. The summed E-state index contributed by atoms with van der Waals surface area (Å²) in [4.78, 5) is 44.3. The number of hydrogen-bond donors (Lipinski definition) is 0. The van der Waals surface area contributed by atoms with Gasteiger partial charge in [0, 0.05) is 22.9 Å². The summed E-state index contributed by atoms with van der Waals surface area (Å²) in [6.45, 7) is 5.91. The third kappa shape index (κ3) is 2.72. The summed E-state index contributed by atoms with van der Waals surface area (Å²) in [7, 11) is 0. The molecule has 158 valence electrons. The second kappa shape index (κ2) is 7.19. The number of para-hydroxylation sites is 1. The molecule has 3 heterocycles. The Morgan fingerprint density at radius 3 is 2.32 bits per heavy atom. The normalized spacial score (nSPS) is 27.5. The minimum absolute atomic E-state index is 0.104. The summed E-state index contributed by atoms with van der Waals surface area (Å²) < 4.78 is 0. The van der Waals surface area contributed by atoms with Gasteiger partial charge in [-0.25, -0.2) is 0 Å². The van der Waals surface area contributed by atoms with Crippen LogP contribution in [-0.4, -0.2) is 40.6 Å². The van der Waals surface area contributed by atoms with E-state index in [0.717, 1.165) is 16.8 Å². The maximum atomic E-state index is 13.8. The van der Waals surface area contributed by atoms with Crippen LogP contribution < -0.4 is 4.90 Å². The average Bonchev–Trinajstić information content (AvgIpc) is 3.26. The molecular weight excluding hydrogens is 388 g/mol. The fourth-order valence-corrected chi connectivity index (χ4v) is 5.51. The van der Waals surface area contributed by atoms with Crippen LogP contribution in [-0.2, 0) is 9.59 Å². The molecule has 0 aliphatic carbocycles. The minimum Gasteiger partial charge on any atom is -0.352 e. The highest BCUT2D eigenvalue weighted by molar-refractivity contribution is 6.14. The number of amides is 2. The number of imide groups is 1. The minimum atomic E-state index is -0.701. The number of ketones is 1. The molecule has 5 nitrogen and oxygen atoms in total. The SMILES string of the molecule is CC[C@H](C)N1C(=O)[C@@H]2[C@H](C1=O)[C@@H](C(=O)c1ccccc1)N1c3ccccc3C(C)=C[C@H]21. The molecule has 0 unspecified atom stereocenters. The summed E-state index contributed by atoms with van der Waals surface area (Å²) in [6.07, 6.45) is 2.77. The summed E-state index contributed by atoms with van der Waals surface area (Å²) in [5.41, 5.74) is 3.61. The zero-order valence-electron chi connectivity index (χ0n) is 18.0. The van der Waals surface area contributed by atoms with Gasteiger partial charge >= 0.3 is 0 Å². The topological polar surface area (TPSA) is 57.7 Å². The Hall–Kier alpha value is -3.21. The molecule has 5 atom stereocenters. The Balaban J connectivity index is 1.69. The van der Waals surface area contributed by atoms with Gasteiger partial charge in [0.2, 0.25) is 11.8 Å². The van der Waals surface area contributed by atoms with E-state index in [1.807, 2.05) is 68.1 Å². The molecule has 0 spiro atoms. The van der Waals surface area contributed by atoms with E-state index in [4.69, 9.17) is 0 Å². The molecule has 2 amide bonds. The molecule has 2 saturated heterocycles. The molecule has 0 bridgehead atoms. The predicted molar refractivity (Wildman–Crippen MR) is 120 cm³/mol. The quantitative estimate of drug-likeness (QED) is 0.562. The first kappa shape index (κ1) is 19.7. The van der Waals surface area contributed by atoms with Crippen LogP contribution >= 0.6 is 0 Å². The van der Waals surface area contributed by atoms with E-state index >= 15 is 0 Å². The molecule has 0 aromatic heterocycles. The van der Waals surface area contributed by atoms with Crippen molar-refractivity contribution >= 4 is 28.9 Å². The van der Waals surface area contributed by atoms with Gasteiger partial charge in [-0.2, -0.15) is 0 Å². The number of nitrogens with zero attached hydrogens (tertiary/aromatic N) is 2. The Labute approximate surface area is 182 Å². The molecule has 0 saturated carbocycles. The van der Waals surface area contributed by atoms with E-state index in [2.05, 4.69) is 6.08 Å². The monoisotopic (exact) mass is 414 g/mol. The highest BCUT2D eigenvalue weighted by atomic mass is 16.2. The smallest absolute Gasteiger partial charge is 0.236 e. The van der Waals surface area contributed by atoms with E-state index in [1.54, 1.807) is 12.1 Å². The van der Waals surface area contributed by atoms with Crippen molar-refractivity contribution in [1.82, 2.24) is 4.90 Å². The maximum Gasteiger partial charge on any atom is 0.236 e. The van der Waals surface area contributed by atoms with Gasteiger partial charge < -0.3 is 4.90 Å². The summed E-state index contributed by atoms with van der Waals surface area (Å²) >= 11 is 0. The lowest BCUT2D eigenvalue weighted by molar-refractivity contribution is -0.142. The number of carbonyl (C=O) groups is 3. The first-order valence-electron chi connectivity index (χ1n) is 11.0. The van der Waals surface area contributed by atoms with Crippen molar-refractivity contribution < 1.29 is 14.4 Å². The second-order valence-corrected chi connectivity index (χ2v) is 8.80. The summed E-state index contributed by atoms with van der Waals surface area (Å²) in [6, 6.07) is 15.9. The Morgan fingerprint density at radius 2 is 1.61 bits per heavy atom. The van der Waals surface area contributed by atoms with Crippen LogP contribution in [0.4, 0.5) is 5.69 Å². The Morgan fingerprint density at radius 1 is 0.968 bits per heavy atom. The van der Waals surface area contributed by atoms with Crippen LogP contribution in [0.2, 0.25) is 0 Å². The fourth-order valence-electron chi connectivity index (χ4n) is 5.51. The van der Waals surface area contributed by atoms with Crippen LogP contribution in [0.1, 0.15) is 43.1 Å². The Kier molecular flexibility index (Phi) is 4.58. The van der Waals surface area contributed by atoms with Crippen molar-refractivity contribution in [3.63, 3.8) is 0 Å².